The summed E-state index contributed by atoms with van der Waals surface area (Å²) in [5.41, 5.74) is 0.788. The van der Waals surface area contributed by atoms with E-state index in [9.17, 15) is 14.0 Å². The summed E-state index contributed by atoms with van der Waals surface area (Å²) in [5.74, 6) is -0.469. The molecule has 0 spiro atoms. The number of benzene rings is 1. The van der Waals surface area contributed by atoms with E-state index in [0.29, 0.717) is 50.4 Å². The Labute approximate surface area is 161 Å². The van der Waals surface area contributed by atoms with Crippen molar-refractivity contribution < 1.29 is 28.2 Å². The molecule has 11 heteroatoms. The molecular weight excluding hydrogens is 373 g/mol. The highest BCUT2D eigenvalue weighted by Gasteiger charge is 2.32. The normalized spacial score (nSPS) is 18.3. The number of hydrogen-bond acceptors (Lipinski definition) is 8. The second kappa shape index (κ2) is 10.2. The molecule has 0 radical (unpaired) electrons. The van der Waals surface area contributed by atoms with Crippen LogP contribution in [0.5, 0.6) is 0 Å². The number of carbonyl (C=O) groups is 3. The van der Waals surface area contributed by atoms with Gasteiger partial charge in [0.05, 0.1) is 31.6 Å². The third-order valence-corrected chi connectivity index (χ3v) is 3.99. The molecule has 1 aromatic rings. The number of rotatable bonds is 6. The topological polar surface area (TPSA) is 104 Å². The van der Waals surface area contributed by atoms with E-state index in [1.165, 1.54) is 29.4 Å². The van der Waals surface area contributed by atoms with Gasteiger partial charge in [-0.2, -0.15) is 5.10 Å². The van der Waals surface area contributed by atoms with Crippen molar-refractivity contribution in [3.05, 3.63) is 24.0 Å². The van der Waals surface area contributed by atoms with E-state index in [2.05, 4.69) is 15.2 Å². The fraction of sp³-hybridized carbons (Fsp3) is 0.412. The van der Waals surface area contributed by atoms with Gasteiger partial charge in [-0.1, -0.05) is 0 Å². The van der Waals surface area contributed by atoms with Crippen molar-refractivity contribution in [1.82, 2.24) is 10.3 Å². The maximum absolute atomic E-state index is 14.5. The van der Waals surface area contributed by atoms with Crippen LogP contribution in [-0.4, -0.2) is 76.8 Å². The number of anilines is 2. The highest BCUT2D eigenvalue weighted by molar-refractivity contribution is 5.90. The Balaban J connectivity index is 0.000000640. The van der Waals surface area contributed by atoms with Crippen molar-refractivity contribution in [2.45, 2.75) is 6.10 Å². The van der Waals surface area contributed by atoms with Gasteiger partial charge in [-0.25, -0.2) is 14.2 Å². The monoisotopic (exact) mass is 395 g/mol. The zero-order chi connectivity index (χ0) is 20.5. The number of hydrazone groups is 1. The quantitative estimate of drug-likeness (QED) is 0.695. The Morgan fingerprint density at radius 2 is 2.14 bits per heavy atom. The minimum Gasteiger partial charge on any atom is -0.471 e. The van der Waals surface area contributed by atoms with E-state index in [-0.39, 0.29) is 6.10 Å². The summed E-state index contributed by atoms with van der Waals surface area (Å²) in [7, 11) is 3.09. The number of halogens is 1. The van der Waals surface area contributed by atoms with Crippen LogP contribution in [0.25, 0.3) is 0 Å². The number of cyclic esters (lactones) is 1. The van der Waals surface area contributed by atoms with Crippen LogP contribution < -0.4 is 15.1 Å². The average molecular weight is 395 g/mol. The molecule has 2 heterocycles. The number of carbonyl (C=O) groups excluding carboxylic acids is 3. The standard InChI is InChI=1S/C15H18FN5O3.C2H4O2/c1-17-7-12-8-21(15(23)24-12)11-2-3-14(13(16)6-11)19-4-5-20(10-22)18-9-19;1-4-2-3/h2-3,6,9-10,12,17H,4-5,7-8H2,1H3;2H,1H3. The Bertz CT molecular complexity index is 732. The molecule has 3 rings (SSSR count). The minimum absolute atomic E-state index is 0.256. The van der Waals surface area contributed by atoms with Crippen molar-refractivity contribution in [2.75, 3.05) is 50.1 Å². The average Bonchev–Trinajstić information content (AvgIpc) is 3.08. The number of nitrogens with zero attached hydrogens (tertiary/aromatic N) is 4. The van der Waals surface area contributed by atoms with Gasteiger partial charge in [-0.15, -0.1) is 0 Å². The number of ether oxygens (including phenoxy) is 2. The second-order valence-corrected chi connectivity index (χ2v) is 5.83. The summed E-state index contributed by atoms with van der Waals surface area (Å²) in [6, 6.07) is 4.56. The van der Waals surface area contributed by atoms with Crippen LogP contribution in [0.2, 0.25) is 0 Å². The molecule has 1 saturated heterocycles. The molecule has 1 fully saturated rings. The molecule has 2 amide bonds. The Morgan fingerprint density at radius 1 is 1.39 bits per heavy atom. The lowest BCUT2D eigenvalue weighted by molar-refractivity contribution is -0.126. The predicted octanol–water partition coefficient (Wildman–Crippen LogP) is 0.381. The van der Waals surface area contributed by atoms with Crippen molar-refractivity contribution >= 4 is 36.7 Å². The first-order chi connectivity index (χ1) is 13.5. The highest BCUT2D eigenvalue weighted by Crippen LogP contribution is 2.27. The van der Waals surface area contributed by atoms with Gasteiger partial charge in [-0.05, 0) is 25.2 Å². The van der Waals surface area contributed by atoms with Gasteiger partial charge < -0.3 is 19.7 Å². The molecule has 152 valence electrons. The Morgan fingerprint density at radius 3 is 2.68 bits per heavy atom. The number of amides is 2. The van der Waals surface area contributed by atoms with Crippen molar-refractivity contribution in [1.29, 1.82) is 0 Å². The molecule has 0 bridgehead atoms. The van der Waals surface area contributed by atoms with Gasteiger partial charge in [0.1, 0.15) is 18.3 Å². The first-order valence-electron chi connectivity index (χ1n) is 8.45. The number of nitrogens with one attached hydrogen (secondary N) is 1. The fourth-order valence-corrected chi connectivity index (χ4v) is 2.68. The Kier molecular flexibility index (Phi) is 7.69. The largest absolute Gasteiger partial charge is 0.471 e. The molecule has 0 saturated carbocycles. The summed E-state index contributed by atoms with van der Waals surface area (Å²) in [5, 5.41) is 8.08. The zero-order valence-electron chi connectivity index (χ0n) is 15.6. The molecule has 1 N–H and O–H groups in total. The van der Waals surface area contributed by atoms with Gasteiger partial charge in [0.2, 0.25) is 6.41 Å². The summed E-state index contributed by atoms with van der Waals surface area (Å²) in [6.07, 6.45) is 1.29. The van der Waals surface area contributed by atoms with Crippen LogP contribution in [0.15, 0.2) is 23.3 Å². The van der Waals surface area contributed by atoms with Crippen LogP contribution in [0.1, 0.15) is 0 Å². The van der Waals surface area contributed by atoms with Gasteiger partial charge >= 0.3 is 6.09 Å². The maximum atomic E-state index is 14.5. The molecule has 1 atom stereocenters. The number of hydrogen-bond donors (Lipinski definition) is 1. The summed E-state index contributed by atoms with van der Waals surface area (Å²) >= 11 is 0. The van der Waals surface area contributed by atoms with E-state index in [1.54, 1.807) is 24.1 Å². The second-order valence-electron chi connectivity index (χ2n) is 5.83. The predicted molar refractivity (Wildman–Crippen MR) is 99.6 cm³/mol. The van der Waals surface area contributed by atoms with E-state index in [0.717, 1.165) is 0 Å². The van der Waals surface area contributed by atoms with E-state index in [1.807, 2.05) is 0 Å². The van der Waals surface area contributed by atoms with Gasteiger partial charge in [-0.3, -0.25) is 14.5 Å². The Hall–Kier alpha value is -3.21. The van der Waals surface area contributed by atoms with Crippen LogP contribution >= 0.6 is 0 Å². The van der Waals surface area contributed by atoms with E-state index < -0.39 is 11.9 Å². The lowest BCUT2D eigenvalue weighted by atomic mass is 10.2. The summed E-state index contributed by atoms with van der Waals surface area (Å²) < 4.78 is 23.5. The van der Waals surface area contributed by atoms with Crippen LogP contribution in [0, 0.1) is 5.82 Å². The molecule has 1 unspecified atom stereocenters. The van der Waals surface area contributed by atoms with Gasteiger partial charge in [0.25, 0.3) is 6.47 Å². The van der Waals surface area contributed by atoms with Crippen molar-refractivity contribution in [3.63, 3.8) is 0 Å². The summed E-state index contributed by atoms with van der Waals surface area (Å²) in [6.45, 7) is 2.11. The van der Waals surface area contributed by atoms with E-state index in [4.69, 9.17) is 9.53 Å². The molecular formula is C17H22FN5O5. The lowest BCUT2D eigenvalue weighted by Crippen LogP contribution is -2.37. The summed E-state index contributed by atoms with van der Waals surface area (Å²) in [4.78, 5) is 34.5. The smallest absolute Gasteiger partial charge is 0.414 e. The molecule has 1 aromatic carbocycles. The van der Waals surface area contributed by atoms with E-state index >= 15 is 0 Å². The van der Waals surface area contributed by atoms with Crippen molar-refractivity contribution in [3.8, 4) is 0 Å². The molecule has 0 aromatic heterocycles. The van der Waals surface area contributed by atoms with Gasteiger partial charge in [0, 0.05) is 13.1 Å². The van der Waals surface area contributed by atoms with Crippen LogP contribution in [-0.2, 0) is 19.1 Å². The molecule has 2 aliphatic heterocycles. The molecule has 0 aliphatic carbocycles. The minimum atomic E-state index is -0.483. The molecule has 10 nitrogen and oxygen atoms in total. The third kappa shape index (κ3) is 5.16. The van der Waals surface area contributed by atoms with Crippen LogP contribution in [0.3, 0.4) is 0 Å². The fourth-order valence-electron chi connectivity index (χ4n) is 2.68. The van der Waals surface area contributed by atoms with Crippen molar-refractivity contribution in [2.24, 2.45) is 5.10 Å². The first-order valence-corrected chi connectivity index (χ1v) is 8.45. The number of methoxy groups -OCH3 is 1. The lowest BCUT2D eigenvalue weighted by Gasteiger charge is -2.27. The van der Waals surface area contributed by atoms with Gasteiger partial charge in [0.15, 0.2) is 0 Å². The zero-order valence-corrected chi connectivity index (χ0v) is 15.6. The number of likely N-dealkylation sites (N-methyl/N-ethyl adjacent to an activating group) is 1. The molecule has 2 aliphatic rings. The SMILES string of the molecule is CNCC1CN(c2ccc(N3C=NN(C=O)CC3)c(F)c2)C(=O)O1.COC=O. The highest BCUT2D eigenvalue weighted by atomic mass is 19.1. The maximum Gasteiger partial charge on any atom is 0.414 e. The van der Waals surface area contributed by atoms with Crippen LogP contribution in [0.4, 0.5) is 20.6 Å². The first kappa shape index (κ1) is 21.1. The molecule has 28 heavy (non-hydrogen) atoms. The third-order valence-electron chi connectivity index (χ3n) is 3.99.